The van der Waals surface area contributed by atoms with Gasteiger partial charge in [-0.1, -0.05) is 0 Å². The maximum absolute atomic E-state index is 13.2. The van der Waals surface area contributed by atoms with Gasteiger partial charge in [-0.2, -0.15) is 0 Å². The van der Waals surface area contributed by atoms with E-state index in [1.807, 2.05) is 0 Å². The van der Waals surface area contributed by atoms with Crippen LogP contribution in [0.2, 0.25) is 0 Å². The van der Waals surface area contributed by atoms with Crippen LogP contribution in [0.5, 0.6) is 11.5 Å². The lowest BCUT2D eigenvalue weighted by Gasteiger charge is -2.06. The van der Waals surface area contributed by atoms with Gasteiger partial charge in [-0.3, -0.25) is 9.59 Å². The largest absolute Gasteiger partial charge is 0.457 e. The summed E-state index contributed by atoms with van der Waals surface area (Å²) in [6, 6.07) is 9.75. The Hall–Kier alpha value is -2.69. The summed E-state index contributed by atoms with van der Waals surface area (Å²) in [6.07, 6.45) is 0.534. The molecule has 0 aliphatic heterocycles. The lowest BCUT2D eigenvalue weighted by atomic mass is 10.2. The van der Waals surface area contributed by atoms with E-state index in [4.69, 9.17) is 10.5 Å². The van der Waals surface area contributed by atoms with Crippen molar-refractivity contribution < 1.29 is 18.7 Å². The number of carbonyl (C=O) groups excluding carboxylic acids is 2. The maximum Gasteiger partial charge on any atom is 0.248 e. The third-order valence-electron chi connectivity index (χ3n) is 2.40. The van der Waals surface area contributed by atoms with Gasteiger partial charge in [0.25, 0.3) is 0 Å². The molecule has 0 spiro atoms. The molecule has 0 unspecified atom stereocenters. The minimum Gasteiger partial charge on any atom is -0.457 e. The van der Waals surface area contributed by atoms with Crippen LogP contribution < -0.4 is 10.5 Å². The van der Waals surface area contributed by atoms with Crippen molar-refractivity contribution in [1.29, 1.82) is 0 Å². The molecule has 4 nitrogen and oxygen atoms in total. The van der Waals surface area contributed by atoms with Crippen LogP contribution in [0.25, 0.3) is 0 Å². The summed E-state index contributed by atoms with van der Waals surface area (Å²) in [5.74, 6) is -0.490. The molecule has 2 aromatic carbocycles. The Labute approximate surface area is 108 Å². The second-order valence-corrected chi connectivity index (χ2v) is 3.83. The van der Waals surface area contributed by atoms with E-state index in [-0.39, 0.29) is 11.3 Å². The van der Waals surface area contributed by atoms with Gasteiger partial charge in [0.05, 0.1) is 0 Å². The Morgan fingerprint density at radius 3 is 2.37 bits per heavy atom. The van der Waals surface area contributed by atoms with Gasteiger partial charge in [0, 0.05) is 17.2 Å². The first-order chi connectivity index (χ1) is 9.08. The van der Waals surface area contributed by atoms with Crippen LogP contribution in [0.4, 0.5) is 4.39 Å². The van der Waals surface area contributed by atoms with Crippen molar-refractivity contribution in [3.63, 3.8) is 0 Å². The minimum atomic E-state index is -0.562. The average Bonchev–Trinajstić information content (AvgIpc) is 2.38. The lowest BCUT2D eigenvalue weighted by molar-refractivity contribution is 0.1000. The highest BCUT2D eigenvalue weighted by Gasteiger charge is 2.04. The normalized spacial score (nSPS) is 9.95. The Bertz CT molecular complexity index is 623. The summed E-state index contributed by atoms with van der Waals surface area (Å²) in [6.45, 7) is 0. The van der Waals surface area contributed by atoms with Crippen LogP contribution in [0, 0.1) is 5.82 Å². The molecule has 0 aliphatic rings. The zero-order valence-electron chi connectivity index (χ0n) is 9.80. The molecule has 2 N–H and O–H groups in total. The van der Waals surface area contributed by atoms with Crippen molar-refractivity contribution in [3.8, 4) is 11.5 Å². The molecule has 96 valence electrons. The number of rotatable bonds is 4. The third kappa shape index (κ3) is 3.16. The van der Waals surface area contributed by atoms with E-state index >= 15 is 0 Å². The fourth-order valence-corrected chi connectivity index (χ4v) is 1.53. The number of aldehydes is 1. The number of benzene rings is 2. The van der Waals surface area contributed by atoms with Crippen LogP contribution in [-0.4, -0.2) is 12.2 Å². The lowest BCUT2D eigenvalue weighted by Crippen LogP contribution is -2.10. The average molecular weight is 259 g/mol. The first kappa shape index (κ1) is 12.8. The standard InChI is InChI=1S/C14H10FNO3/c15-11-5-9(8-17)6-13(7-11)19-12-3-1-10(2-4-12)14(16)18/h1-8H,(H2,16,18). The number of halogens is 1. The second-order valence-electron chi connectivity index (χ2n) is 3.83. The predicted molar refractivity (Wildman–Crippen MR) is 66.8 cm³/mol. The highest BCUT2D eigenvalue weighted by atomic mass is 19.1. The second kappa shape index (κ2) is 5.30. The van der Waals surface area contributed by atoms with Gasteiger partial charge >= 0.3 is 0 Å². The predicted octanol–water partition coefficient (Wildman–Crippen LogP) is 2.53. The smallest absolute Gasteiger partial charge is 0.248 e. The first-order valence-electron chi connectivity index (χ1n) is 5.42. The van der Waals surface area contributed by atoms with Crippen molar-refractivity contribution in [2.24, 2.45) is 5.73 Å². The Morgan fingerprint density at radius 2 is 1.79 bits per heavy atom. The highest BCUT2D eigenvalue weighted by molar-refractivity contribution is 5.92. The molecule has 2 aromatic rings. The molecular formula is C14H10FNO3. The van der Waals surface area contributed by atoms with E-state index in [2.05, 4.69) is 0 Å². The zero-order valence-corrected chi connectivity index (χ0v) is 9.80. The maximum atomic E-state index is 13.2. The number of nitrogens with two attached hydrogens (primary N) is 1. The van der Waals surface area contributed by atoms with E-state index in [1.54, 1.807) is 0 Å². The number of ether oxygens (including phenoxy) is 1. The van der Waals surface area contributed by atoms with Gasteiger partial charge in [-0.15, -0.1) is 0 Å². The molecule has 2 rings (SSSR count). The van der Waals surface area contributed by atoms with Crippen molar-refractivity contribution in [2.45, 2.75) is 0 Å². The summed E-state index contributed by atoms with van der Waals surface area (Å²) in [7, 11) is 0. The van der Waals surface area contributed by atoms with E-state index < -0.39 is 11.7 Å². The molecule has 0 saturated heterocycles. The van der Waals surface area contributed by atoms with E-state index in [1.165, 1.54) is 30.3 Å². The van der Waals surface area contributed by atoms with E-state index in [9.17, 15) is 14.0 Å². The molecule has 0 saturated carbocycles. The Balaban J connectivity index is 2.23. The number of hydrogen-bond acceptors (Lipinski definition) is 3. The SMILES string of the molecule is NC(=O)c1ccc(Oc2cc(F)cc(C=O)c2)cc1. The number of hydrogen-bond donors (Lipinski definition) is 1. The number of carbonyl (C=O) groups is 2. The van der Waals surface area contributed by atoms with Gasteiger partial charge in [0.2, 0.25) is 5.91 Å². The molecule has 0 heterocycles. The molecule has 0 radical (unpaired) electrons. The highest BCUT2D eigenvalue weighted by Crippen LogP contribution is 2.23. The van der Waals surface area contributed by atoms with E-state index in [0.717, 1.165) is 12.1 Å². The van der Waals surface area contributed by atoms with Gasteiger partial charge in [0.1, 0.15) is 23.6 Å². The molecule has 0 fully saturated rings. The molecule has 0 aliphatic carbocycles. The number of primary amides is 1. The van der Waals surface area contributed by atoms with Crippen molar-refractivity contribution in [3.05, 3.63) is 59.4 Å². The zero-order chi connectivity index (χ0) is 13.8. The summed E-state index contributed by atoms with van der Waals surface area (Å²) < 4.78 is 18.6. The van der Waals surface area contributed by atoms with Crippen molar-refractivity contribution in [2.75, 3.05) is 0 Å². The van der Waals surface area contributed by atoms with Gasteiger partial charge in [0.15, 0.2) is 0 Å². The Kier molecular flexibility index (Phi) is 3.56. The Morgan fingerprint density at radius 1 is 1.11 bits per heavy atom. The topological polar surface area (TPSA) is 69.4 Å². The number of amides is 1. The summed E-state index contributed by atoms with van der Waals surface area (Å²) >= 11 is 0. The van der Waals surface area contributed by atoms with Crippen LogP contribution in [-0.2, 0) is 0 Å². The van der Waals surface area contributed by atoms with Gasteiger partial charge < -0.3 is 10.5 Å². The molecule has 1 amide bonds. The van der Waals surface area contributed by atoms with Crippen molar-refractivity contribution >= 4 is 12.2 Å². The minimum absolute atomic E-state index is 0.184. The summed E-state index contributed by atoms with van der Waals surface area (Å²) in [5.41, 5.74) is 5.64. The fourth-order valence-electron chi connectivity index (χ4n) is 1.53. The fraction of sp³-hybridized carbons (Fsp3) is 0. The summed E-state index contributed by atoms with van der Waals surface area (Å²) in [5, 5.41) is 0. The quantitative estimate of drug-likeness (QED) is 0.858. The monoisotopic (exact) mass is 259 g/mol. The van der Waals surface area contributed by atoms with Crippen LogP contribution in [0.1, 0.15) is 20.7 Å². The molecule has 19 heavy (non-hydrogen) atoms. The van der Waals surface area contributed by atoms with Crippen LogP contribution >= 0.6 is 0 Å². The molecular weight excluding hydrogens is 249 g/mol. The molecule has 0 aromatic heterocycles. The molecule has 0 bridgehead atoms. The first-order valence-corrected chi connectivity index (χ1v) is 5.42. The summed E-state index contributed by atoms with van der Waals surface area (Å²) in [4.78, 5) is 21.5. The third-order valence-corrected chi connectivity index (χ3v) is 2.40. The van der Waals surface area contributed by atoms with E-state index in [0.29, 0.717) is 17.6 Å². The van der Waals surface area contributed by atoms with Crippen LogP contribution in [0.15, 0.2) is 42.5 Å². The van der Waals surface area contributed by atoms with Gasteiger partial charge in [-0.25, -0.2) is 4.39 Å². The molecule has 0 atom stereocenters. The van der Waals surface area contributed by atoms with Crippen molar-refractivity contribution in [1.82, 2.24) is 0 Å². The molecule has 5 heteroatoms. The van der Waals surface area contributed by atoms with Gasteiger partial charge in [-0.05, 0) is 36.4 Å². The van der Waals surface area contributed by atoms with Crippen LogP contribution in [0.3, 0.4) is 0 Å².